The lowest BCUT2D eigenvalue weighted by molar-refractivity contribution is -0.933. The van der Waals surface area contributed by atoms with Crippen LogP contribution in [0.25, 0.3) is 0 Å². The van der Waals surface area contributed by atoms with Crippen LogP contribution in [-0.2, 0) is 6.42 Å². The van der Waals surface area contributed by atoms with Gasteiger partial charge in [0.15, 0.2) is 11.5 Å². The minimum atomic E-state index is -0.190. The standard InChI is InChI=1S/C23H31N3O3/c1-6-26-12-11-17-13-20(28-4)21(29-5)14-19(17)22(26)16(3)24-23(27)25-18-9-7-15(2)8-10-18/h7-10,13-14,16,22H,6,11-12H2,1-5H3,(H2,24,25,27)/p+1/t16-,22+/m1/s1. The van der Waals surface area contributed by atoms with E-state index in [-0.39, 0.29) is 18.1 Å². The lowest BCUT2D eigenvalue weighted by atomic mass is 9.88. The lowest BCUT2D eigenvalue weighted by Crippen LogP contribution is -3.14. The molecule has 0 radical (unpaired) electrons. The predicted octanol–water partition coefficient (Wildman–Crippen LogP) is 2.72. The van der Waals surface area contributed by atoms with Gasteiger partial charge in [0.05, 0.1) is 33.4 Å². The number of aryl methyl sites for hydroxylation is 1. The van der Waals surface area contributed by atoms with E-state index in [1.165, 1.54) is 16.0 Å². The van der Waals surface area contributed by atoms with Gasteiger partial charge in [0, 0.05) is 17.7 Å². The van der Waals surface area contributed by atoms with Crippen LogP contribution < -0.4 is 25.0 Å². The van der Waals surface area contributed by atoms with Crippen LogP contribution >= 0.6 is 0 Å². The number of methoxy groups -OCH3 is 2. The SMILES string of the molecule is CC[NH+]1CCc2cc(OC)c(OC)cc2[C@@H]1[C@@H](C)NC(=O)Nc1ccc(C)cc1. The Kier molecular flexibility index (Phi) is 6.64. The van der Waals surface area contributed by atoms with E-state index in [2.05, 4.69) is 36.6 Å². The third kappa shape index (κ3) is 4.65. The fourth-order valence-electron chi connectivity index (χ4n) is 4.23. The maximum absolute atomic E-state index is 12.6. The molecule has 156 valence electrons. The number of quaternary nitrogens is 1. The van der Waals surface area contributed by atoms with E-state index in [9.17, 15) is 4.79 Å². The second-order valence-corrected chi connectivity index (χ2v) is 7.65. The van der Waals surface area contributed by atoms with Crippen LogP contribution in [0.4, 0.5) is 10.5 Å². The van der Waals surface area contributed by atoms with E-state index in [4.69, 9.17) is 9.47 Å². The van der Waals surface area contributed by atoms with Crippen molar-refractivity contribution in [3.63, 3.8) is 0 Å². The van der Waals surface area contributed by atoms with Crippen LogP contribution in [0.15, 0.2) is 36.4 Å². The first-order chi connectivity index (χ1) is 14.0. The average Bonchev–Trinajstić information content (AvgIpc) is 2.73. The highest BCUT2D eigenvalue weighted by Crippen LogP contribution is 2.35. The zero-order valence-electron chi connectivity index (χ0n) is 18.0. The quantitative estimate of drug-likeness (QED) is 0.701. The van der Waals surface area contributed by atoms with Crippen LogP contribution in [0.3, 0.4) is 0 Å². The fraction of sp³-hybridized carbons (Fsp3) is 0.435. The number of likely N-dealkylation sites (N-methyl/N-ethyl adjacent to an activating group) is 1. The number of fused-ring (bicyclic) bond motifs is 1. The number of hydrogen-bond donors (Lipinski definition) is 3. The number of rotatable bonds is 6. The molecule has 0 aliphatic carbocycles. The molecule has 0 saturated heterocycles. The Hall–Kier alpha value is -2.73. The highest BCUT2D eigenvalue weighted by Gasteiger charge is 2.36. The molecule has 6 nitrogen and oxygen atoms in total. The molecular weight excluding hydrogens is 366 g/mol. The molecule has 2 aromatic rings. The number of amides is 2. The van der Waals surface area contributed by atoms with Gasteiger partial charge in [-0.15, -0.1) is 0 Å². The molecule has 1 unspecified atom stereocenters. The van der Waals surface area contributed by atoms with Crippen molar-refractivity contribution in [3.8, 4) is 11.5 Å². The summed E-state index contributed by atoms with van der Waals surface area (Å²) in [7, 11) is 3.32. The minimum absolute atomic E-state index is 0.0486. The number of ether oxygens (including phenoxy) is 2. The van der Waals surface area contributed by atoms with Gasteiger partial charge >= 0.3 is 6.03 Å². The first kappa shape index (κ1) is 21.0. The number of benzene rings is 2. The van der Waals surface area contributed by atoms with Crippen molar-refractivity contribution >= 4 is 11.7 Å². The number of nitrogens with one attached hydrogen (secondary N) is 3. The summed E-state index contributed by atoms with van der Waals surface area (Å²) in [5, 5.41) is 6.07. The molecule has 3 atom stereocenters. The number of hydrogen-bond acceptors (Lipinski definition) is 3. The number of urea groups is 1. The summed E-state index contributed by atoms with van der Waals surface area (Å²) < 4.78 is 11.0. The van der Waals surface area contributed by atoms with Crippen LogP contribution in [0.5, 0.6) is 11.5 Å². The van der Waals surface area contributed by atoms with Crippen LogP contribution in [0.2, 0.25) is 0 Å². The van der Waals surface area contributed by atoms with E-state index in [1.54, 1.807) is 14.2 Å². The minimum Gasteiger partial charge on any atom is -0.493 e. The topological polar surface area (TPSA) is 64.0 Å². The molecular formula is C23H32N3O3+. The van der Waals surface area contributed by atoms with Gasteiger partial charge in [-0.2, -0.15) is 0 Å². The second-order valence-electron chi connectivity index (χ2n) is 7.65. The van der Waals surface area contributed by atoms with Gasteiger partial charge in [0.25, 0.3) is 0 Å². The third-order valence-electron chi connectivity index (χ3n) is 5.76. The summed E-state index contributed by atoms with van der Waals surface area (Å²) in [6.45, 7) is 8.30. The lowest BCUT2D eigenvalue weighted by Gasteiger charge is -2.37. The summed E-state index contributed by atoms with van der Waals surface area (Å²) in [4.78, 5) is 14.1. The Morgan fingerprint density at radius 3 is 2.45 bits per heavy atom. The summed E-state index contributed by atoms with van der Waals surface area (Å²) in [6, 6.07) is 11.9. The molecule has 1 heterocycles. The van der Waals surface area contributed by atoms with E-state index in [0.717, 1.165) is 42.3 Å². The Morgan fingerprint density at radius 1 is 1.17 bits per heavy atom. The Morgan fingerprint density at radius 2 is 1.83 bits per heavy atom. The van der Waals surface area contributed by atoms with Crippen molar-refractivity contribution in [2.75, 3.05) is 32.6 Å². The largest absolute Gasteiger partial charge is 0.493 e. The molecule has 0 bridgehead atoms. The first-order valence-electron chi connectivity index (χ1n) is 10.2. The van der Waals surface area contributed by atoms with Crippen LogP contribution in [-0.4, -0.2) is 39.4 Å². The van der Waals surface area contributed by atoms with Crippen LogP contribution in [0, 0.1) is 6.92 Å². The molecule has 29 heavy (non-hydrogen) atoms. The summed E-state index contributed by atoms with van der Waals surface area (Å²) in [5.41, 5.74) is 4.43. The van der Waals surface area contributed by atoms with Gasteiger partial charge in [-0.3, -0.25) is 0 Å². The smallest absolute Gasteiger partial charge is 0.319 e. The van der Waals surface area contributed by atoms with Gasteiger partial charge in [-0.1, -0.05) is 17.7 Å². The van der Waals surface area contributed by atoms with Gasteiger partial charge in [-0.25, -0.2) is 4.79 Å². The molecule has 1 aliphatic heterocycles. The van der Waals surface area contributed by atoms with Crippen molar-refractivity contribution in [1.82, 2.24) is 5.32 Å². The Balaban J connectivity index is 1.81. The summed E-state index contributed by atoms with van der Waals surface area (Å²) in [6.07, 6.45) is 0.984. The highest BCUT2D eigenvalue weighted by molar-refractivity contribution is 5.89. The van der Waals surface area contributed by atoms with Crippen molar-refractivity contribution in [2.24, 2.45) is 0 Å². The monoisotopic (exact) mass is 398 g/mol. The molecule has 3 rings (SSSR count). The highest BCUT2D eigenvalue weighted by atomic mass is 16.5. The van der Waals surface area contributed by atoms with E-state index in [1.807, 2.05) is 31.2 Å². The van der Waals surface area contributed by atoms with E-state index >= 15 is 0 Å². The molecule has 6 heteroatoms. The predicted molar refractivity (Wildman–Crippen MR) is 115 cm³/mol. The first-order valence-corrected chi connectivity index (χ1v) is 10.2. The molecule has 0 spiro atoms. The third-order valence-corrected chi connectivity index (χ3v) is 5.76. The number of anilines is 1. The zero-order chi connectivity index (χ0) is 21.0. The van der Waals surface area contributed by atoms with Crippen molar-refractivity contribution in [2.45, 2.75) is 39.3 Å². The molecule has 0 saturated carbocycles. The Bertz CT molecular complexity index is 851. The van der Waals surface area contributed by atoms with Gasteiger partial charge in [-0.05, 0) is 50.6 Å². The van der Waals surface area contributed by atoms with Gasteiger partial charge in [0.2, 0.25) is 0 Å². The van der Waals surface area contributed by atoms with E-state index < -0.39 is 0 Å². The van der Waals surface area contributed by atoms with Crippen LogP contribution in [0.1, 0.15) is 36.6 Å². The summed E-state index contributed by atoms with van der Waals surface area (Å²) >= 11 is 0. The van der Waals surface area contributed by atoms with Crippen molar-refractivity contribution in [3.05, 3.63) is 53.1 Å². The van der Waals surface area contributed by atoms with Crippen molar-refractivity contribution < 1.29 is 19.2 Å². The molecule has 2 amide bonds. The normalized spacial score (nSPS) is 19.1. The summed E-state index contributed by atoms with van der Waals surface area (Å²) in [5.74, 6) is 1.48. The fourth-order valence-corrected chi connectivity index (χ4v) is 4.23. The van der Waals surface area contributed by atoms with Crippen molar-refractivity contribution in [1.29, 1.82) is 0 Å². The molecule has 3 N–H and O–H groups in total. The Labute approximate surface area is 173 Å². The average molecular weight is 399 g/mol. The zero-order valence-corrected chi connectivity index (χ0v) is 18.0. The number of carbonyl (C=O) groups excluding carboxylic acids is 1. The maximum Gasteiger partial charge on any atom is 0.319 e. The van der Waals surface area contributed by atoms with E-state index in [0.29, 0.717) is 0 Å². The maximum atomic E-state index is 12.6. The van der Waals surface area contributed by atoms with Gasteiger partial charge in [0.1, 0.15) is 6.04 Å². The molecule has 0 fully saturated rings. The molecule has 2 aromatic carbocycles. The molecule has 0 aromatic heterocycles. The number of carbonyl (C=O) groups is 1. The van der Waals surface area contributed by atoms with Gasteiger partial charge < -0.3 is 25.0 Å². The second kappa shape index (κ2) is 9.18. The molecule has 1 aliphatic rings.